The number of hydrogen-bond acceptors (Lipinski definition) is 5. The molecule has 0 unspecified atom stereocenters. The lowest BCUT2D eigenvalue weighted by Gasteiger charge is -2.16. The molecule has 0 aliphatic heterocycles. The van der Waals surface area contributed by atoms with Crippen LogP contribution in [-0.2, 0) is 6.54 Å². The molecule has 0 saturated carbocycles. The fourth-order valence-corrected chi connectivity index (χ4v) is 3.41. The van der Waals surface area contributed by atoms with E-state index >= 15 is 0 Å². The van der Waals surface area contributed by atoms with Gasteiger partial charge in [-0.25, -0.2) is 0 Å². The van der Waals surface area contributed by atoms with E-state index in [0.717, 1.165) is 10.4 Å². The summed E-state index contributed by atoms with van der Waals surface area (Å²) >= 11 is 2.88. The number of carbonyl (C=O) groups is 1. The summed E-state index contributed by atoms with van der Waals surface area (Å²) in [6.45, 7) is 0.362. The van der Waals surface area contributed by atoms with Crippen LogP contribution in [0.2, 0.25) is 0 Å². The van der Waals surface area contributed by atoms with Crippen LogP contribution in [0, 0.1) is 11.8 Å². The molecule has 0 atom stereocenters. The summed E-state index contributed by atoms with van der Waals surface area (Å²) in [6.07, 6.45) is 0. The maximum atomic E-state index is 12.4. The fraction of sp³-hybridized carbons (Fsp3) is 0.267. The number of rotatable bonds is 4. The summed E-state index contributed by atoms with van der Waals surface area (Å²) in [5.41, 5.74) is 1.02. The third kappa shape index (κ3) is 3.85. The highest BCUT2D eigenvalue weighted by molar-refractivity contribution is 7.12. The molecule has 0 aliphatic rings. The Morgan fingerprint density at radius 2 is 2.29 bits per heavy atom. The Morgan fingerprint density at radius 1 is 1.48 bits per heavy atom. The number of methoxy groups -OCH3 is 1. The molecule has 2 aromatic heterocycles. The quantitative estimate of drug-likeness (QED) is 0.880. The molecule has 2 aromatic rings. The SMILES string of the molecule is COc1ccsc1C(=O)N(C)Cc1csc(C#CCO)c1. The molecule has 0 spiro atoms. The van der Waals surface area contributed by atoms with Gasteiger partial charge < -0.3 is 14.7 Å². The molecule has 0 bridgehead atoms. The van der Waals surface area contributed by atoms with Crippen molar-refractivity contribution in [2.45, 2.75) is 6.54 Å². The van der Waals surface area contributed by atoms with Crippen LogP contribution in [0.4, 0.5) is 0 Å². The Bertz CT molecular complexity index is 678. The van der Waals surface area contributed by atoms with Crippen LogP contribution in [0.15, 0.2) is 22.9 Å². The molecule has 4 nitrogen and oxygen atoms in total. The van der Waals surface area contributed by atoms with E-state index in [9.17, 15) is 4.79 Å². The lowest BCUT2D eigenvalue weighted by molar-refractivity contribution is 0.0787. The first-order valence-corrected chi connectivity index (χ1v) is 7.95. The summed E-state index contributed by atoms with van der Waals surface area (Å²) < 4.78 is 5.18. The minimum absolute atomic E-state index is 0.0592. The molecule has 2 heterocycles. The highest BCUT2D eigenvalue weighted by atomic mass is 32.1. The number of carbonyl (C=O) groups excluding carboxylic acids is 1. The van der Waals surface area contributed by atoms with Crippen molar-refractivity contribution in [3.63, 3.8) is 0 Å². The van der Waals surface area contributed by atoms with Crippen molar-refractivity contribution >= 4 is 28.6 Å². The highest BCUT2D eigenvalue weighted by Gasteiger charge is 2.18. The lowest BCUT2D eigenvalue weighted by atomic mass is 10.2. The molecule has 110 valence electrons. The van der Waals surface area contributed by atoms with Gasteiger partial charge in [-0.05, 0) is 28.5 Å². The van der Waals surface area contributed by atoms with E-state index in [-0.39, 0.29) is 12.5 Å². The predicted octanol–water partition coefficient (Wildman–Crippen LogP) is 2.43. The number of thiophene rings is 2. The van der Waals surface area contributed by atoms with Gasteiger partial charge >= 0.3 is 0 Å². The molecule has 1 amide bonds. The van der Waals surface area contributed by atoms with Gasteiger partial charge in [-0.15, -0.1) is 22.7 Å². The average Bonchev–Trinajstić information content (AvgIpc) is 3.12. The van der Waals surface area contributed by atoms with Crippen LogP contribution in [-0.4, -0.2) is 36.7 Å². The van der Waals surface area contributed by atoms with E-state index in [0.29, 0.717) is 17.2 Å². The molecule has 0 radical (unpaired) electrons. The molecule has 0 aromatic carbocycles. The number of ether oxygens (including phenoxy) is 1. The second-order valence-electron chi connectivity index (χ2n) is 4.26. The third-order valence-electron chi connectivity index (χ3n) is 2.75. The topological polar surface area (TPSA) is 49.8 Å². The van der Waals surface area contributed by atoms with Gasteiger partial charge in [0.1, 0.15) is 17.2 Å². The largest absolute Gasteiger partial charge is 0.495 e. The summed E-state index contributed by atoms with van der Waals surface area (Å²) in [4.78, 5) is 15.5. The number of aliphatic hydroxyl groups excluding tert-OH is 1. The van der Waals surface area contributed by atoms with Gasteiger partial charge in [0.05, 0.1) is 12.0 Å². The van der Waals surface area contributed by atoms with Gasteiger partial charge in [0.2, 0.25) is 0 Å². The Balaban J connectivity index is 2.05. The fourth-order valence-electron chi connectivity index (χ4n) is 1.78. The molecule has 2 rings (SSSR count). The first-order chi connectivity index (χ1) is 10.2. The zero-order valence-corrected chi connectivity index (χ0v) is 13.4. The lowest BCUT2D eigenvalue weighted by Crippen LogP contribution is -2.25. The molecule has 1 N–H and O–H groups in total. The maximum absolute atomic E-state index is 12.4. The number of hydrogen-bond donors (Lipinski definition) is 1. The number of nitrogens with zero attached hydrogens (tertiary/aromatic N) is 1. The van der Waals surface area contributed by atoms with Crippen LogP contribution in [0.3, 0.4) is 0 Å². The van der Waals surface area contributed by atoms with Crippen molar-refractivity contribution in [1.82, 2.24) is 4.90 Å². The second kappa shape index (κ2) is 7.27. The van der Waals surface area contributed by atoms with E-state index in [1.54, 1.807) is 25.1 Å². The monoisotopic (exact) mass is 321 g/mol. The van der Waals surface area contributed by atoms with E-state index in [4.69, 9.17) is 9.84 Å². The summed E-state index contributed by atoms with van der Waals surface area (Å²) in [7, 11) is 3.32. The second-order valence-corrected chi connectivity index (χ2v) is 6.09. The van der Waals surface area contributed by atoms with E-state index in [2.05, 4.69) is 11.8 Å². The summed E-state index contributed by atoms with van der Waals surface area (Å²) in [5.74, 6) is 6.02. The Hall–Kier alpha value is -1.81. The first-order valence-electron chi connectivity index (χ1n) is 6.19. The zero-order chi connectivity index (χ0) is 15.2. The standard InChI is InChI=1S/C15H15NO3S2/c1-16(15(18)14-13(19-2)5-7-20-14)9-11-8-12(21-10-11)4-3-6-17/h5,7-8,10,17H,6,9H2,1-2H3. The van der Waals surface area contributed by atoms with E-state index in [1.807, 2.05) is 16.8 Å². The predicted molar refractivity (Wildman–Crippen MR) is 85.0 cm³/mol. The summed E-state index contributed by atoms with van der Waals surface area (Å²) in [6, 6.07) is 3.72. The Kier molecular flexibility index (Phi) is 5.39. The molecule has 0 fully saturated rings. The minimum atomic E-state index is -0.149. The van der Waals surface area contributed by atoms with Gasteiger partial charge in [-0.1, -0.05) is 11.8 Å². The zero-order valence-electron chi connectivity index (χ0n) is 11.8. The van der Waals surface area contributed by atoms with Crippen molar-refractivity contribution in [3.8, 4) is 17.6 Å². The minimum Gasteiger partial charge on any atom is -0.495 e. The smallest absolute Gasteiger partial charge is 0.267 e. The van der Waals surface area contributed by atoms with Crippen LogP contribution in [0.5, 0.6) is 5.75 Å². The van der Waals surface area contributed by atoms with Gasteiger partial charge in [0.25, 0.3) is 5.91 Å². The first kappa shape index (κ1) is 15.6. The van der Waals surface area contributed by atoms with E-state index < -0.39 is 0 Å². The van der Waals surface area contributed by atoms with E-state index in [1.165, 1.54) is 22.7 Å². The maximum Gasteiger partial charge on any atom is 0.267 e. The van der Waals surface area contributed by atoms with Crippen molar-refractivity contribution in [2.24, 2.45) is 0 Å². The van der Waals surface area contributed by atoms with Gasteiger partial charge in [0.15, 0.2) is 0 Å². The van der Waals surface area contributed by atoms with Crippen LogP contribution >= 0.6 is 22.7 Å². The normalized spacial score (nSPS) is 9.86. The Morgan fingerprint density at radius 3 is 3.00 bits per heavy atom. The number of aliphatic hydroxyl groups is 1. The van der Waals surface area contributed by atoms with Crippen molar-refractivity contribution in [3.05, 3.63) is 38.2 Å². The molecular formula is C15H15NO3S2. The van der Waals surface area contributed by atoms with Gasteiger partial charge in [0, 0.05) is 13.6 Å². The molecule has 6 heteroatoms. The van der Waals surface area contributed by atoms with Crippen molar-refractivity contribution in [1.29, 1.82) is 0 Å². The molecule has 21 heavy (non-hydrogen) atoms. The average molecular weight is 321 g/mol. The Labute approximate surface area is 131 Å². The number of amides is 1. The van der Waals surface area contributed by atoms with Gasteiger partial charge in [-0.3, -0.25) is 4.79 Å². The molecule has 0 saturated heterocycles. The van der Waals surface area contributed by atoms with Crippen LogP contribution < -0.4 is 4.74 Å². The van der Waals surface area contributed by atoms with Crippen LogP contribution in [0.1, 0.15) is 20.1 Å². The summed E-state index contributed by atoms with van der Waals surface area (Å²) in [5, 5.41) is 12.5. The molecule has 0 aliphatic carbocycles. The highest BCUT2D eigenvalue weighted by Crippen LogP contribution is 2.26. The third-order valence-corrected chi connectivity index (χ3v) is 4.53. The van der Waals surface area contributed by atoms with Gasteiger partial charge in [-0.2, -0.15) is 0 Å². The van der Waals surface area contributed by atoms with Crippen molar-refractivity contribution in [2.75, 3.05) is 20.8 Å². The molecular weight excluding hydrogens is 306 g/mol. The van der Waals surface area contributed by atoms with Crippen LogP contribution in [0.25, 0.3) is 0 Å². The van der Waals surface area contributed by atoms with Crippen molar-refractivity contribution < 1.29 is 14.6 Å².